The van der Waals surface area contributed by atoms with Gasteiger partial charge >= 0.3 is 0 Å². The fourth-order valence-electron chi connectivity index (χ4n) is 3.42. The maximum atomic E-state index is 12.3. The third-order valence-electron chi connectivity index (χ3n) is 5.46. The summed E-state index contributed by atoms with van der Waals surface area (Å²) in [5.74, 6) is 0.694. The van der Waals surface area contributed by atoms with Crippen LogP contribution >= 0.6 is 0 Å². The first-order valence-corrected chi connectivity index (χ1v) is 9.09. The van der Waals surface area contributed by atoms with E-state index in [0.717, 1.165) is 45.6 Å². The summed E-state index contributed by atoms with van der Waals surface area (Å²) in [5.41, 5.74) is 2.46. The van der Waals surface area contributed by atoms with Gasteiger partial charge < -0.3 is 15.7 Å². The molecule has 1 aromatic rings. The summed E-state index contributed by atoms with van der Waals surface area (Å²) in [6, 6.07) is 8.34. The van der Waals surface area contributed by atoms with Gasteiger partial charge in [0.1, 0.15) is 0 Å². The van der Waals surface area contributed by atoms with Crippen molar-refractivity contribution in [2.24, 2.45) is 11.8 Å². The quantitative estimate of drug-likeness (QED) is 0.731. The van der Waals surface area contributed by atoms with E-state index in [9.17, 15) is 9.90 Å². The molecule has 5 nitrogen and oxygen atoms in total. The number of amides is 1. The first kappa shape index (κ1) is 17.4. The van der Waals surface area contributed by atoms with E-state index in [2.05, 4.69) is 33.7 Å². The highest BCUT2D eigenvalue weighted by molar-refractivity contribution is 5.78. The molecule has 1 atom stereocenters. The molecule has 0 spiro atoms. The van der Waals surface area contributed by atoms with Crippen molar-refractivity contribution >= 4 is 5.91 Å². The lowest BCUT2D eigenvalue weighted by molar-refractivity contribution is -0.126. The molecule has 132 valence electrons. The molecule has 1 aromatic carbocycles. The Bertz CT molecular complexity index is 551. The van der Waals surface area contributed by atoms with Crippen LogP contribution in [-0.2, 0) is 17.9 Å². The van der Waals surface area contributed by atoms with Crippen LogP contribution in [0.25, 0.3) is 0 Å². The SMILES string of the molecule is CC(C(=O)NCc1ccccc1CN1CCC(O)CC1)C1CNC1. The number of aliphatic hydroxyl groups excluding tert-OH is 1. The standard InChI is InChI=1S/C19H29N3O2/c1-14(17-10-20-11-17)19(24)21-12-15-4-2-3-5-16(15)13-22-8-6-18(23)7-9-22/h2-5,14,17-18,20,23H,6-13H2,1H3,(H,21,24). The van der Waals surface area contributed by atoms with Gasteiger partial charge in [0.25, 0.3) is 0 Å². The van der Waals surface area contributed by atoms with E-state index in [0.29, 0.717) is 12.5 Å². The summed E-state index contributed by atoms with van der Waals surface area (Å²) < 4.78 is 0. The van der Waals surface area contributed by atoms with E-state index in [1.807, 2.05) is 13.0 Å². The summed E-state index contributed by atoms with van der Waals surface area (Å²) in [7, 11) is 0. The number of aliphatic hydroxyl groups is 1. The Morgan fingerprint density at radius 3 is 2.58 bits per heavy atom. The molecule has 24 heavy (non-hydrogen) atoms. The molecule has 0 bridgehead atoms. The summed E-state index contributed by atoms with van der Waals surface area (Å²) in [4.78, 5) is 14.7. The van der Waals surface area contributed by atoms with Crippen LogP contribution in [0.2, 0.25) is 0 Å². The molecule has 0 aromatic heterocycles. The number of likely N-dealkylation sites (tertiary alicyclic amines) is 1. The second-order valence-corrected chi connectivity index (χ2v) is 7.20. The Kier molecular flexibility index (Phi) is 5.87. The monoisotopic (exact) mass is 331 g/mol. The van der Waals surface area contributed by atoms with Gasteiger partial charge in [0, 0.05) is 32.1 Å². The third-order valence-corrected chi connectivity index (χ3v) is 5.46. The maximum Gasteiger partial charge on any atom is 0.223 e. The number of carbonyl (C=O) groups is 1. The molecule has 1 unspecified atom stereocenters. The zero-order valence-corrected chi connectivity index (χ0v) is 14.5. The molecule has 1 amide bonds. The molecular formula is C19H29N3O2. The lowest BCUT2D eigenvalue weighted by atomic mass is 9.88. The summed E-state index contributed by atoms with van der Waals surface area (Å²) in [5, 5.41) is 16.0. The highest BCUT2D eigenvalue weighted by Gasteiger charge is 2.28. The molecular weight excluding hydrogens is 302 g/mol. The largest absolute Gasteiger partial charge is 0.393 e. The average Bonchev–Trinajstić information content (AvgIpc) is 2.54. The second kappa shape index (κ2) is 8.10. The second-order valence-electron chi connectivity index (χ2n) is 7.20. The van der Waals surface area contributed by atoms with Crippen LogP contribution in [0.5, 0.6) is 0 Å². The van der Waals surface area contributed by atoms with Crippen LogP contribution in [0.4, 0.5) is 0 Å². The zero-order valence-electron chi connectivity index (χ0n) is 14.5. The predicted molar refractivity (Wildman–Crippen MR) is 94.3 cm³/mol. The van der Waals surface area contributed by atoms with Gasteiger partial charge in [-0.25, -0.2) is 0 Å². The number of benzene rings is 1. The molecule has 2 fully saturated rings. The first-order chi connectivity index (χ1) is 11.6. The van der Waals surface area contributed by atoms with E-state index in [1.54, 1.807) is 0 Å². The number of hydrogen-bond donors (Lipinski definition) is 3. The molecule has 2 heterocycles. The average molecular weight is 331 g/mol. The normalized spacial score (nSPS) is 21.2. The molecule has 3 N–H and O–H groups in total. The zero-order chi connectivity index (χ0) is 16.9. The van der Waals surface area contributed by atoms with Crippen molar-refractivity contribution in [2.45, 2.75) is 39.0 Å². The fraction of sp³-hybridized carbons (Fsp3) is 0.632. The van der Waals surface area contributed by atoms with Gasteiger partial charge in [0.2, 0.25) is 5.91 Å². The van der Waals surface area contributed by atoms with Gasteiger partial charge in [0.15, 0.2) is 0 Å². The van der Waals surface area contributed by atoms with Crippen molar-refractivity contribution < 1.29 is 9.90 Å². The van der Waals surface area contributed by atoms with E-state index < -0.39 is 0 Å². The van der Waals surface area contributed by atoms with Crippen LogP contribution < -0.4 is 10.6 Å². The molecule has 2 saturated heterocycles. The van der Waals surface area contributed by atoms with Gasteiger partial charge in [-0.1, -0.05) is 31.2 Å². The van der Waals surface area contributed by atoms with Crippen molar-refractivity contribution in [3.8, 4) is 0 Å². The van der Waals surface area contributed by atoms with Gasteiger partial charge in [-0.3, -0.25) is 9.69 Å². The van der Waals surface area contributed by atoms with E-state index in [4.69, 9.17) is 0 Å². The number of nitrogens with zero attached hydrogens (tertiary/aromatic N) is 1. The number of rotatable bonds is 6. The molecule has 2 aliphatic heterocycles. The molecule has 5 heteroatoms. The number of carbonyl (C=O) groups excluding carboxylic acids is 1. The lowest BCUT2D eigenvalue weighted by Gasteiger charge is -2.32. The Labute approximate surface area is 144 Å². The number of piperidine rings is 1. The van der Waals surface area contributed by atoms with Gasteiger partial charge in [-0.15, -0.1) is 0 Å². The van der Waals surface area contributed by atoms with Crippen molar-refractivity contribution in [1.82, 2.24) is 15.5 Å². The highest BCUT2D eigenvalue weighted by atomic mass is 16.3. The highest BCUT2D eigenvalue weighted by Crippen LogP contribution is 2.18. The van der Waals surface area contributed by atoms with Crippen molar-refractivity contribution in [3.63, 3.8) is 0 Å². The maximum absolute atomic E-state index is 12.3. The molecule has 3 rings (SSSR count). The van der Waals surface area contributed by atoms with Crippen molar-refractivity contribution in [1.29, 1.82) is 0 Å². The van der Waals surface area contributed by atoms with Crippen LogP contribution in [0, 0.1) is 11.8 Å². The van der Waals surface area contributed by atoms with Crippen LogP contribution in [0.3, 0.4) is 0 Å². The third kappa shape index (κ3) is 4.35. The van der Waals surface area contributed by atoms with Crippen LogP contribution in [0.15, 0.2) is 24.3 Å². The van der Waals surface area contributed by atoms with E-state index in [1.165, 1.54) is 11.1 Å². The fourth-order valence-corrected chi connectivity index (χ4v) is 3.42. The smallest absolute Gasteiger partial charge is 0.223 e. The Morgan fingerprint density at radius 2 is 1.96 bits per heavy atom. The van der Waals surface area contributed by atoms with Crippen molar-refractivity contribution in [3.05, 3.63) is 35.4 Å². The Morgan fingerprint density at radius 1 is 1.29 bits per heavy atom. The van der Waals surface area contributed by atoms with Crippen molar-refractivity contribution in [2.75, 3.05) is 26.2 Å². The predicted octanol–water partition coefficient (Wildman–Crippen LogP) is 1.12. The first-order valence-electron chi connectivity index (χ1n) is 9.09. The molecule has 0 saturated carbocycles. The number of nitrogens with one attached hydrogen (secondary N) is 2. The lowest BCUT2D eigenvalue weighted by Crippen LogP contribution is -2.49. The van der Waals surface area contributed by atoms with E-state index in [-0.39, 0.29) is 17.9 Å². The molecule has 0 radical (unpaired) electrons. The summed E-state index contributed by atoms with van der Waals surface area (Å²) >= 11 is 0. The minimum atomic E-state index is -0.140. The van der Waals surface area contributed by atoms with E-state index >= 15 is 0 Å². The number of hydrogen-bond acceptors (Lipinski definition) is 4. The van der Waals surface area contributed by atoms with Crippen LogP contribution in [-0.4, -0.2) is 48.2 Å². The molecule has 0 aliphatic carbocycles. The summed E-state index contributed by atoms with van der Waals surface area (Å²) in [6.45, 7) is 7.28. The minimum Gasteiger partial charge on any atom is -0.393 e. The topological polar surface area (TPSA) is 64.6 Å². The minimum absolute atomic E-state index is 0.0713. The van der Waals surface area contributed by atoms with Gasteiger partial charge in [-0.05, 0) is 43.0 Å². The van der Waals surface area contributed by atoms with Gasteiger partial charge in [-0.2, -0.15) is 0 Å². The summed E-state index contributed by atoms with van der Waals surface area (Å²) in [6.07, 6.45) is 1.57. The molecule has 2 aliphatic rings. The van der Waals surface area contributed by atoms with Crippen LogP contribution in [0.1, 0.15) is 30.9 Å². The van der Waals surface area contributed by atoms with Gasteiger partial charge in [0.05, 0.1) is 6.10 Å². The Hall–Kier alpha value is -1.43. The Balaban J connectivity index is 1.54.